The van der Waals surface area contributed by atoms with Gasteiger partial charge in [0.15, 0.2) is 6.61 Å². The van der Waals surface area contributed by atoms with Gasteiger partial charge in [-0.1, -0.05) is 13.8 Å². The van der Waals surface area contributed by atoms with Crippen LogP contribution < -0.4 is 10.1 Å². The Labute approximate surface area is 147 Å². The lowest BCUT2D eigenvalue weighted by Gasteiger charge is -2.32. The maximum atomic E-state index is 12.4. The van der Waals surface area contributed by atoms with Gasteiger partial charge in [0.25, 0.3) is 0 Å². The molecule has 1 aliphatic heterocycles. The number of hydrogen-bond acceptors (Lipinski definition) is 4. The Morgan fingerprint density at radius 3 is 2.32 bits per heavy atom. The monoisotopic (exact) mass is 348 g/mol. The van der Waals surface area contributed by atoms with E-state index in [1.165, 1.54) is 0 Å². The molecule has 0 atom stereocenters. The molecule has 0 radical (unpaired) electrons. The SMILES string of the molecule is CC(C)C(=O)N1CCC(C(=O)Nc2ccc(OCC(=O)O)cc2)CC1. The summed E-state index contributed by atoms with van der Waals surface area (Å²) in [5.41, 5.74) is 0.633. The number of nitrogens with zero attached hydrogens (tertiary/aromatic N) is 1. The predicted molar refractivity (Wildman–Crippen MR) is 92.3 cm³/mol. The van der Waals surface area contributed by atoms with Crippen molar-refractivity contribution in [2.24, 2.45) is 11.8 Å². The first kappa shape index (κ1) is 18.8. The molecule has 1 aliphatic rings. The van der Waals surface area contributed by atoms with Gasteiger partial charge in [0.05, 0.1) is 0 Å². The Balaban J connectivity index is 1.82. The molecule has 136 valence electrons. The quantitative estimate of drug-likeness (QED) is 0.819. The van der Waals surface area contributed by atoms with Crippen molar-refractivity contribution >= 4 is 23.5 Å². The lowest BCUT2D eigenvalue weighted by molar-refractivity contribution is -0.139. The molecular formula is C18H24N2O5. The molecule has 1 saturated heterocycles. The Bertz CT molecular complexity index is 619. The number of hydrogen-bond donors (Lipinski definition) is 2. The van der Waals surface area contributed by atoms with E-state index in [0.717, 1.165) is 0 Å². The van der Waals surface area contributed by atoms with Gasteiger partial charge in [-0.25, -0.2) is 4.79 Å². The van der Waals surface area contributed by atoms with Gasteiger partial charge in [0.2, 0.25) is 11.8 Å². The van der Waals surface area contributed by atoms with Gasteiger partial charge < -0.3 is 20.1 Å². The molecule has 1 aromatic carbocycles. The molecule has 25 heavy (non-hydrogen) atoms. The summed E-state index contributed by atoms with van der Waals surface area (Å²) in [6.45, 7) is 4.57. The van der Waals surface area contributed by atoms with Crippen molar-refractivity contribution < 1.29 is 24.2 Å². The second kappa shape index (κ2) is 8.50. The molecule has 0 unspecified atom stereocenters. The predicted octanol–water partition coefficient (Wildman–Crippen LogP) is 1.98. The molecule has 7 nitrogen and oxygen atoms in total. The largest absolute Gasteiger partial charge is 0.482 e. The fourth-order valence-electron chi connectivity index (χ4n) is 2.75. The van der Waals surface area contributed by atoms with E-state index in [9.17, 15) is 14.4 Å². The molecule has 0 aliphatic carbocycles. The Kier molecular flexibility index (Phi) is 6.38. The number of carboxylic acid groups (broad SMARTS) is 1. The second-order valence-electron chi connectivity index (χ2n) is 6.45. The average Bonchev–Trinajstić information content (AvgIpc) is 2.60. The number of amides is 2. The van der Waals surface area contributed by atoms with Crippen LogP contribution in [0.15, 0.2) is 24.3 Å². The van der Waals surface area contributed by atoms with Crippen LogP contribution in [0.5, 0.6) is 5.75 Å². The molecule has 0 aromatic heterocycles. The van der Waals surface area contributed by atoms with Gasteiger partial charge in [-0.3, -0.25) is 9.59 Å². The molecule has 2 amide bonds. The molecule has 2 rings (SSSR count). The minimum Gasteiger partial charge on any atom is -0.482 e. The van der Waals surface area contributed by atoms with Crippen molar-refractivity contribution in [1.82, 2.24) is 4.90 Å². The van der Waals surface area contributed by atoms with Crippen LogP contribution >= 0.6 is 0 Å². The highest BCUT2D eigenvalue weighted by atomic mass is 16.5. The minimum atomic E-state index is -1.04. The van der Waals surface area contributed by atoms with Crippen molar-refractivity contribution in [3.05, 3.63) is 24.3 Å². The molecule has 1 fully saturated rings. The molecule has 0 bridgehead atoms. The van der Waals surface area contributed by atoms with Crippen molar-refractivity contribution in [2.45, 2.75) is 26.7 Å². The number of rotatable bonds is 6. The zero-order valence-corrected chi connectivity index (χ0v) is 14.5. The lowest BCUT2D eigenvalue weighted by Crippen LogP contribution is -2.43. The topological polar surface area (TPSA) is 95.9 Å². The number of carboxylic acids is 1. The summed E-state index contributed by atoms with van der Waals surface area (Å²) in [7, 11) is 0. The fourth-order valence-corrected chi connectivity index (χ4v) is 2.75. The first-order valence-electron chi connectivity index (χ1n) is 8.41. The molecular weight excluding hydrogens is 324 g/mol. The highest BCUT2D eigenvalue weighted by molar-refractivity contribution is 5.92. The zero-order valence-electron chi connectivity index (χ0n) is 14.5. The summed E-state index contributed by atoms with van der Waals surface area (Å²) in [6.07, 6.45) is 1.31. The van der Waals surface area contributed by atoms with Crippen LogP contribution in [0.4, 0.5) is 5.69 Å². The Hall–Kier alpha value is -2.57. The summed E-state index contributed by atoms with van der Waals surface area (Å²) >= 11 is 0. The van der Waals surface area contributed by atoms with E-state index in [-0.39, 0.29) is 23.7 Å². The van der Waals surface area contributed by atoms with Crippen LogP contribution in [0.25, 0.3) is 0 Å². The van der Waals surface area contributed by atoms with Gasteiger partial charge >= 0.3 is 5.97 Å². The van der Waals surface area contributed by atoms with Crippen LogP contribution in [0.3, 0.4) is 0 Å². The van der Waals surface area contributed by atoms with E-state index in [2.05, 4.69) is 5.32 Å². The number of piperidine rings is 1. The number of carbonyl (C=O) groups is 3. The van der Waals surface area contributed by atoms with Gasteiger partial charge in [-0.2, -0.15) is 0 Å². The van der Waals surface area contributed by atoms with Crippen molar-refractivity contribution in [3.63, 3.8) is 0 Å². The molecule has 1 heterocycles. The van der Waals surface area contributed by atoms with Gasteiger partial charge in [0, 0.05) is 30.6 Å². The van der Waals surface area contributed by atoms with Gasteiger partial charge in [-0.05, 0) is 37.1 Å². The normalized spacial score (nSPS) is 15.1. The van der Waals surface area contributed by atoms with Crippen LogP contribution in [0.2, 0.25) is 0 Å². The molecule has 7 heteroatoms. The number of benzene rings is 1. The van der Waals surface area contributed by atoms with E-state index in [1.54, 1.807) is 24.3 Å². The maximum absolute atomic E-state index is 12.4. The standard InChI is InChI=1S/C18H24N2O5/c1-12(2)18(24)20-9-7-13(8-10-20)17(23)19-14-3-5-15(6-4-14)25-11-16(21)22/h3-6,12-13H,7-11H2,1-2H3,(H,19,23)(H,21,22). The van der Waals surface area contributed by atoms with E-state index in [1.807, 2.05) is 18.7 Å². The van der Waals surface area contributed by atoms with Gasteiger partial charge in [-0.15, -0.1) is 0 Å². The average molecular weight is 348 g/mol. The minimum absolute atomic E-state index is 0.0211. The van der Waals surface area contributed by atoms with Crippen LogP contribution in [-0.2, 0) is 14.4 Å². The van der Waals surface area contributed by atoms with Crippen molar-refractivity contribution in [3.8, 4) is 5.75 Å². The molecule has 0 saturated carbocycles. The van der Waals surface area contributed by atoms with Crippen LogP contribution in [-0.4, -0.2) is 47.5 Å². The summed E-state index contributed by atoms with van der Waals surface area (Å²) < 4.78 is 5.05. The third-order valence-corrected chi connectivity index (χ3v) is 4.16. The smallest absolute Gasteiger partial charge is 0.341 e. The third kappa shape index (κ3) is 5.48. The highest BCUT2D eigenvalue weighted by Gasteiger charge is 2.28. The fraction of sp³-hybridized carbons (Fsp3) is 0.500. The number of carbonyl (C=O) groups excluding carboxylic acids is 2. The van der Waals surface area contributed by atoms with E-state index < -0.39 is 12.6 Å². The maximum Gasteiger partial charge on any atom is 0.341 e. The van der Waals surface area contributed by atoms with E-state index in [0.29, 0.717) is 37.4 Å². The van der Waals surface area contributed by atoms with Gasteiger partial charge in [0.1, 0.15) is 5.75 Å². The zero-order chi connectivity index (χ0) is 18.4. The second-order valence-corrected chi connectivity index (χ2v) is 6.45. The number of likely N-dealkylation sites (tertiary alicyclic amines) is 1. The number of anilines is 1. The Morgan fingerprint density at radius 2 is 1.80 bits per heavy atom. The van der Waals surface area contributed by atoms with E-state index >= 15 is 0 Å². The summed E-state index contributed by atoms with van der Waals surface area (Å²) in [5.74, 6) is -0.668. The number of nitrogens with one attached hydrogen (secondary N) is 1. The molecule has 1 aromatic rings. The first-order valence-corrected chi connectivity index (χ1v) is 8.41. The lowest BCUT2D eigenvalue weighted by atomic mass is 9.95. The number of aliphatic carboxylic acids is 1. The number of ether oxygens (including phenoxy) is 1. The molecule has 0 spiro atoms. The van der Waals surface area contributed by atoms with E-state index in [4.69, 9.17) is 9.84 Å². The van der Waals surface area contributed by atoms with Crippen LogP contribution in [0, 0.1) is 11.8 Å². The Morgan fingerprint density at radius 1 is 1.20 bits per heavy atom. The van der Waals surface area contributed by atoms with Crippen molar-refractivity contribution in [2.75, 3.05) is 25.0 Å². The first-order chi connectivity index (χ1) is 11.9. The molecule has 2 N–H and O–H groups in total. The third-order valence-electron chi connectivity index (χ3n) is 4.16. The summed E-state index contributed by atoms with van der Waals surface area (Å²) in [5, 5.41) is 11.4. The summed E-state index contributed by atoms with van der Waals surface area (Å²) in [6, 6.07) is 6.57. The van der Waals surface area contributed by atoms with Crippen molar-refractivity contribution in [1.29, 1.82) is 0 Å². The van der Waals surface area contributed by atoms with Crippen LogP contribution in [0.1, 0.15) is 26.7 Å². The summed E-state index contributed by atoms with van der Waals surface area (Å²) in [4.78, 5) is 36.6. The highest BCUT2D eigenvalue weighted by Crippen LogP contribution is 2.22.